The number of aryl methyl sites for hydroxylation is 1. The van der Waals surface area contributed by atoms with Crippen LogP contribution in [-0.4, -0.2) is 41.5 Å². The molecule has 1 saturated heterocycles. The minimum absolute atomic E-state index is 0.00974. The van der Waals surface area contributed by atoms with Crippen molar-refractivity contribution in [1.82, 2.24) is 9.55 Å². The van der Waals surface area contributed by atoms with Crippen LogP contribution in [0.3, 0.4) is 0 Å². The first-order valence-corrected chi connectivity index (χ1v) is 10.3. The zero-order chi connectivity index (χ0) is 20.9. The van der Waals surface area contributed by atoms with Crippen LogP contribution < -0.4 is 20.9 Å². The van der Waals surface area contributed by atoms with Crippen molar-refractivity contribution in [3.8, 4) is 5.75 Å². The number of anilines is 1. The molecule has 0 spiro atoms. The average molecular weight is 405 g/mol. The van der Waals surface area contributed by atoms with Crippen molar-refractivity contribution in [1.29, 1.82) is 0 Å². The number of nitrogens with zero attached hydrogens (tertiary/aromatic N) is 2. The number of hydrogen-bond donors (Lipinski definition) is 2. The molecular weight excluding hydrogens is 377 g/mol. The topological polar surface area (TPSA) is 87.6 Å². The normalized spacial score (nSPS) is 22.3. The van der Waals surface area contributed by atoms with Crippen molar-refractivity contribution in [2.75, 3.05) is 31.7 Å². The second-order valence-corrected chi connectivity index (χ2v) is 8.25. The molecule has 1 aromatic carbocycles. The summed E-state index contributed by atoms with van der Waals surface area (Å²) < 4.78 is 22.8. The van der Waals surface area contributed by atoms with Gasteiger partial charge < -0.3 is 14.7 Å². The average Bonchev–Trinajstić information content (AvgIpc) is 3.54. The molecule has 2 fully saturated rings. The van der Waals surface area contributed by atoms with Crippen molar-refractivity contribution >= 4 is 16.6 Å². The summed E-state index contributed by atoms with van der Waals surface area (Å²) in [5.74, 6) is 0.148. The van der Waals surface area contributed by atoms with Crippen LogP contribution in [0, 0.1) is 24.6 Å². The molecule has 1 saturated carbocycles. The number of aromatic amines is 1. The number of ether oxygens (including phenoxy) is 1. The Kier molecular flexibility index (Phi) is 5.14. The van der Waals surface area contributed by atoms with Gasteiger partial charge in [-0.15, -0.1) is 0 Å². The lowest BCUT2D eigenvalue weighted by Crippen LogP contribution is -2.42. The smallest absolute Gasteiger partial charge is 0.329 e. The van der Waals surface area contributed by atoms with Crippen LogP contribution in [0.25, 0.3) is 10.9 Å². The summed E-state index contributed by atoms with van der Waals surface area (Å²) in [5.41, 5.74) is -0.218. The van der Waals surface area contributed by atoms with Gasteiger partial charge in [0.2, 0.25) is 0 Å². The fourth-order valence-electron chi connectivity index (χ4n) is 4.80. The zero-order valence-electron chi connectivity index (χ0n) is 17.1. The molecular formula is C21H28FN3O4. The van der Waals surface area contributed by atoms with Crippen LogP contribution in [-0.2, 0) is 0 Å². The number of nitrogens with one attached hydrogen (secondary N) is 1. The van der Waals surface area contributed by atoms with Gasteiger partial charge in [-0.1, -0.05) is 13.3 Å². The molecule has 2 N–H and O–H groups in total. The first-order chi connectivity index (χ1) is 13.9. The predicted octanol–water partition coefficient (Wildman–Crippen LogP) is 2.33. The molecule has 1 aliphatic carbocycles. The van der Waals surface area contributed by atoms with Crippen LogP contribution in [0.4, 0.5) is 10.1 Å². The van der Waals surface area contributed by atoms with E-state index in [2.05, 4.69) is 11.9 Å². The van der Waals surface area contributed by atoms with E-state index in [4.69, 9.17) is 4.74 Å². The van der Waals surface area contributed by atoms with Gasteiger partial charge in [0.15, 0.2) is 11.6 Å². The number of halogens is 1. The van der Waals surface area contributed by atoms with Crippen LogP contribution in [0.5, 0.6) is 5.75 Å². The number of piperidine rings is 1. The van der Waals surface area contributed by atoms with E-state index in [-0.39, 0.29) is 41.0 Å². The predicted molar refractivity (Wildman–Crippen MR) is 110 cm³/mol. The maximum atomic E-state index is 15.6. The molecule has 2 atom stereocenters. The van der Waals surface area contributed by atoms with Crippen molar-refractivity contribution in [2.45, 2.75) is 45.6 Å². The van der Waals surface area contributed by atoms with Gasteiger partial charge in [0, 0.05) is 37.2 Å². The molecule has 2 unspecified atom stereocenters. The van der Waals surface area contributed by atoms with Crippen LogP contribution in [0.1, 0.15) is 44.2 Å². The molecule has 0 amide bonds. The summed E-state index contributed by atoms with van der Waals surface area (Å²) in [6.45, 7) is 4.84. The van der Waals surface area contributed by atoms with Gasteiger partial charge in [0.05, 0.1) is 12.5 Å². The first-order valence-electron chi connectivity index (χ1n) is 10.3. The first kappa shape index (κ1) is 19.9. The molecule has 2 aliphatic rings. The maximum Gasteiger partial charge on any atom is 0.329 e. The Labute approximate surface area is 168 Å². The highest BCUT2D eigenvalue weighted by Crippen LogP contribution is 2.45. The van der Waals surface area contributed by atoms with Crippen LogP contribution in [0.15, 0.2) is 9.59 Å². The largest absolute Gasteiger partial charge is 0.492 e. The number of rotatable bonds is 5. The zero-order valence-corrected chi connectivity index (χ0v) is 17.1. The summed E-state index contributed by atoms with van der Waals surface area (Å²) in [7, 11) is 1.44. The highest BCUT2D eigenvalue weighted by Gasteiger charge is 2.35. The molecule has 4 rings (SSSR count). The Morgan fingerprint density at radius 1 is 1.24 bits per heavy atom. The lowest BCUT2D eigenvalue weighted by atomic mass is 9.84. The standard InChI is InChI=1S/C21H28FN3O4/c1-4-12-7-8-24(9-13(12)10-26)18-16(22)11(2)15-17(19(18)29-3)25(14-5-6-14)21(28)23-20(15)27/h12-14,26H,4-10H2,1-3H3,(H,23,27,28). The van der Waals surface area contributed by atoms with Gasteiger partial charge in [-0.05, 0) is 32.1 Å². The molecule has 7 nitrogen and oxygen atoms in total. The van der Waals surface area contributed by atoms with E-state index in [0.29, 0.717) is 24.5 Å². The summed E-state index contributed by atoms with van der Waals surface area (Å²) in [5, 5.41) is 10.00. The summed E-state index contributed by atoms with van der Waals surface area (Å²) in [4.78, 5) is 29.4. The van der Waals surface area contributed by atoms with E-state index in [1.165, 1.54) is 7.11 Å². The summed E-state index contributed by atoms with van der Waals surface area (Å²) in [6.07, 6.45) is 3.48. The van der Waals surface area contributed by atoms with Crippen molar-refractivity contribution in [3.63, 3.8) is 0 Å². The molecule has 0 radical (unpaired) electrons. The van der Waals surface area contributed by atoms with Crippen molar-refractivity contribution in [2.24, 2.45) is 11.8 Å². The highest BCUT2D eigenvalue weighted by molar-refractivity contribution is 5.93. The Bertz CT molecular complexity index is 1060. The van der Waals surface area contributed by atoms with E-state index >= 15 is 4.39 Å². The fourth-order valence-corrected chi connectivity index (χ4v) is 4.80. The highest BCUT2D eigenvalue weighted by atomic mass is 19.1. The number of aliphatic hydroxyl groups is 1. The number of benzene rings is 1. The van der Waals surface area contributed by atoms with Crippen molar-refractivity contribution < 1.29 is 14.2 Å². The van der Waals surface area contributed by atoms with Gasteiger partial charge in [-0.3, -0.25) is 14.3 Å². The van der Waals surface area contributed by atoms with E-state index in [1.54, 1.807) is 11.5 Å². The second kappa shape index (κ2) is 7.48. The minimum atomic E-state index is -0.596. The van der Waals surface area contributed by atoms with E-state index in [1.807, 2.05) is 4.90 Å². The second-order valence-electron chi connectivity index (χ2n) is 8.25. The van der Waals surface area contributed by atoms with Gasteiger partial charge in [-0.2, -0.15) is 0 Å². The number of fused-ring (bicyclic) bond motifs is 1. The lowest BCUT2D eigenvalue weighted by Gasteiger charge is -2.39. The molecule has 29 heavy (non-hydrogen) atoms. The van der Waals surface area contributed by atoms with Gasteiger partial charge in [-0.25, -0.2) is 9.18 Å². The van der Waals surface area contributed by atoms with Gasteiger partial charge in [0.1, 0.15) is 11.2 Å². The molecule has 1 aromatic heterocycles. The Morgan fingerprint density at radius 2 is 1.97 bits per heavy atom. The van der Waals surface area contributed by atoms with Crippen LogP contribution in [0.2, 0.25) is 0 Å². The van der Waals surface area contributed by atoms with Gasteiger partial charge >= 0.3 is 5.69 Å². The molecule has 1 aliphatic heterocycles. The quantitative estimate of drug-likeness (QED) is 0.797. The maximum absolute atomic E-state index is 15.6. The molecule has 0 bridgehead atoms. The Balaban J connectivity index is 1.98. The minimum Gasteiger partial charge on any atom is -0.492 e. The molecule has 2 heterocycles. The summed E-state index contributed by atoms with van der Waals surface area (Å²) >= 11 is 0. The molecule has 8 heteroatoms. The van der Waals surface area contributed by atoms with E-state index < -0.39 is 17.1 Å². The SMILES string of the molecule is CCC1CCN(c2c(F)c(C)c3c(=O)[nH]c(=O)n(C4CC4)c3c2OC)CC1CO. The van der Waals surface area contributed by atoms with E-state index in [0.717, 1.165) is 25.7 Å². The monoisotopic (exact) mass is 405 g/mol. The Hall–Kier alpha value is -2.35. The van der Waals surface area contributed by atoms with Gasteiger partial charge in [0.25, 0.3) is 5.56 Å². The van der Waals surface area contributed by atoms with E-state index in [9.17, 15) is 14.7 Å². The fraction of sp³-hybridized carbons (Fsp3) is 0.619. The van der Waals surface area contributed by atoms with Crippen molar-refractivity contribution in [3.05, 3.63) is 32.2 Å². The number of H-pyrrole nitrogens is 1. The lowest BCUT2D eigenvalue weighted by molar-refractivity contribution is 0.153. The van der Waals surface area contributed by atoms with Crippen LogP contribution >= 0.6 is 0 Å². The number of aromatic nitrogens is 2. The molecule has 158 valence electrons. The third-order valence-corrected chi connectivity index (χ3v) is 6.57. The number of aliphatic hydroxyl groups excluding tert-OH is 1. The Morgan fingerprint density at radius 3 is 2.55 bits per heavy atom. The molecule has 2 aromatic rings. The summed E-state index contributed by atoms with van der Waals surface area (Å²) in [6, 6.07) is -0.00974. The number of methoxy groups -OCH3 is 1. The third-order valence-electron chi connectivity index (χ3n) is 6.57. The third kappa shape index (κ3) is 3.13. The number of hydrogen-bond acceptors (Lipinski definition) is 5.